The standard InChI is InChI=1S/C13H21N3/c1-11-6-7-12(2)16(11)8-4-3-5-13-9-14-10-15-13/h6-7,9-12H,3-5,8H2,1-2H3,(H,14,15)/t11-,12+. The summed E-state index contributed by atoms with van der Waals surface area (Å²) in [7, 11) is 0. The topological polar surface area (TPSA) is 31.9 Å². The third-order valence-electron chi connectivity index (χ3n) is 3.38. The first-order valence-electron chi connectivity index (χ1n) is 6.18. The van der Waals surface area contributed by atoms with Gasteiger partial charge in [-0.3, -0.25) is 4.90 Å². The van der Waals surface area contributed by atoms with Gasteiger partial charge < -0.3 is 4.98 Å². The van der Waals surface area contributed by atoms with Crippen molar-refractivity contribution < 1.29 is 0 Å². The Labute approximate surface area is 97.6 Å². The molecule has 16 heavy (non-hydrogen) atoms. The Kier molecular flexibility index (Phi) is 3.78. The van der Waals surface area contributed by atoms with Crippen LogP contribution in [0.1, 0.15) is 32.4 Å². The first kappa shape index (κ1) is 11.4. The van der Waals surface area contributed by atoms with E-state index >= 15 is 0 Å². The van der Waals surface area contributed by atoms with Crippen molar-refractivity contribution in [3.63, 3.8) is 0 Å². The van der Waals surface area contributed by atoms with Gasteiger partial charge in [0.05, 0.1) is 6.33 Å². The molecule has 0 fully saturated rings. The Morgan fingerprint density at radius 2 is 2.00 bits per heavy atom. The van der Waals surface area contributed by atoms with Crippen LogP contribution in [0.5, 0.6) is 0 Å². The Bertz CT molecular complexity index is 317. The molecular formula is C13H21N3. The molecule has 0 amide bonds. The third kappa shape index (κ3) is 2.73. The van der Waals surface area contributed by atoms with Crippen LogP contribution in [0.3, 0.4) is 0 Å². The van der Waals surface area contributed by atoms with E-state index in [-0.39, 0.29) is 0 Å². The molecule has 0 aliphatic carbocycles. The maximum atomic E-state index is 4.03. The summed E-state index contributed by atoms with van der Waals surface area (Å²) in [4.78, 5) is 9.72. The highest BCUT2D eigenvalue weighted by Gasteiger charge is 2.20. The number of nitrogens with zero attached hydrogens (tertiary/aromatic N) is 2. The zero-order chi connectivity index (χ0) is 11.4. The van der Waals surface area contributed by atoms with Gasteiger partial charge >= 0.3 is 0 Å². The van der Waals surface area contributed by atoms with Crippen LogP contribution in [0.2, 0.25) is 0 Å². The summed E-state index contributed by atoms with van der Waals surface area (Å²) in [6.07, 6.45) is 11.9. The lowest BCUT2D eigenvalue weighted by atomic mass is 10.2. The van der Waals surface area contributed by atoms with Crippen LogP contribution in [0, 0.1) is 0 Å². The molecule has 0 spiro atoms. The molecule has 1 aromatic rings. The van der Waals surface area contributed by atoms with Crippen molar-refractivity contribution in [1.82, 2.24) is 14.9 Å². The summed E-state index contributed by atoms with van der Waals surface area (Å²) in [6.45, 7) is 5.74. The number of nitrogens with one attached hydrogen (secondary N) is 1. The van der Waals surface area contributed by atoms with Crippen molar-refractivity contribution in [2.24, 2.45) is 0 Å². The van der Waals surface area contributed by atoms with E-state index in [0.717, 1.165) is 6.42 Å². The second kappa shape index (κ2) is 5.30. The SMILES string of the molecule is C[C@@H]1C=C[C@H](C)N1CCCCc1cnc[nH]1. The number of aromatic nitrogens is 2. The van der Waals surface area contributed by atoms with Crippen molar-refractivity contribution in [2.75, 3.05) is 6.54 Å². The molecule has 0 saturated carbocycles. The highest BCUT2D eigenvalue weighted by Crippen LogP contribution is 2.16. The second-order valence-electron chi connectivity index (χ2n) is 4.64. The monoisotopic (exact) mass is 219 g/mol. The summed E-state index contributed by atoms with van der Waals surface area (Å²) in [5, 5.41) is 0. The largest absolute Gasteiger partial charge is 0.348 e. The summed E-state index contributed by atoms with van der Waals surface area (Å²) < 4.78 is 0. The normalized spacial score (nSPS) is 25.4. The number of imidazole rings is 1. The van der Waals surface area contributed by atoms with Crippen LogP contribution in [0.4, 0.5) is 0 Å². The zero-order valence-corrected chi connectivity index (χ0v) is 10.2. The van der Waals surface area contributed by atoms with E-state index in [1.165, 1.54) is 25.1 Å². The first-order chi connectivity index (χ1) is 7.77. The number of rotatable bonds is 5. The van der Waals surface area contributed by atoms with Gasteiger partial charge in [0, 0.05) is 24.0 Å². The predicted molar refractivity (Wildman–Crippen MR) is 66.3 cm³/mol. The molecule has 1 aliphatic rings. The second-order valence-corrected chi connectivity index (χ2v) is 4.64. The number of aromatic amines is 1. The van der Waals surface area contributed by atoms with E-state index in [9.17, 15) is 0 Å². The van der Waals surface area contributed by atoms with Gasteiger partial charge in [0.25, 0.3) is 0 Å². The van der Waals surface area contributed by atoms with Gasteiger partial charge in [-0.2, -0.15) is 0 Å². The molecule has 0 aromatic carbocycles. The van der Waals surface area contributed by atoms with Crippen LogP contribution >= 0.6 is 0 Å². The highest BCUT2D eigenvalue weighted by atomic mass is 15.2. The van der Waals surface area contributed by atoms with E-state index in [1.807, 2.05) is 6.20 Å². The number of unbranched alkanes of at least 4 members (excludes halogenated alkanes) is 1. The maximum absolute atomic E-state index is 4.03. The van der Waals surface area contributed by atoms with Crippen molar-refractivity contribution in [1.29, 1.82) is 0 Å². The summed E-state index contributed by atoms with van der Waals surface area (Å²) in [5.74, 6) is 0. The molecule has 0 bridgehead atoms. The minimum Gasteiger partial charge on any atom is -0.348 e. The fourth-order valence-electron chi connectivity index (χ4n) is 2.35. The molecule has 3 heteroatoms. The summed E-state index contributed by atoms with van der Waals surface area (Å²) in [5.41, 5.74) is 1.25. The van der Waals surface area contributed by atoms with Crippen LogP contribution in [-0.4, -0.2) is 33.5 Å². The zero-order valence-electron chi connectivity index (χ0n) is 10.2. The number of aryl methyl sites for hydroxylation is 1. The fraction of sp³-hybridized carbons (Fsp3) is 0.615. The van der Waals surface area contributed by atoms with Crippen molar-refractivity contribution in [3.8, 4) is 0 Å². The molecule has 0 unspecified atom stereocenters. The minimum absolute atomic E-state index is 0.613. The fourth-order valence-corrected chi connectivity index (χ4v) is 2.35. The molecular weight excluding hydrogens is 198 g/mol. The Morgan fingerprint density at radius 1 is 1.25 bits per heavy atom. The van der Waals surface area contributed by atoms with Crippen molar-refractivity contribution in [2.45, 2.75) is 45.2 Å². The van der Waals surface area contributed by atoms with Crippen LogP contribution in [-0.2, 0) is 6.42 Å². The lowest BCUT2D eigenvalue weighted by molar-refractivity contribution is 0.225. The van der Waals surface area contributed by atoms with Gasteiger partial charge in [-0.25, -0.2) is 4.98 Å². The quantitative estimate of drug-likeness (QED) is 0.609. The molecule has 1 aliphatic heterocycles. The van der Waals surface area contributed by atoms with E-state index in [0.29, 0.717) is 12.1 Å². The number of hydrogen-bond acceptors (Lipinski definition) is 2. The van der Waals surface area contributed by atoms with Crippen LogP contribution < -0.4 is 0 Å². The smallest absolute Gasteiger partial charge is 0.0921 e. The Morgan fingerprint density at radius 3 is 2.62 bits per heavy atom. The molecule has 0 saturated heterocycles. The van der Waals surface area contributed by atoms with Crippen molar-refractivity contribution in [3.05, 3.63) is 30.4 Å². The molecule has 1 N–H and O–H groups in total. The van der Waals surface area contributed by atoms with E-state index in [4.69, 9.17) is 0 Å². The minimum atomic E-state index is 0.613. The van der Waals surface area contributed by atoms with Gasteiger partial charge in [0.1, 0.15) is 0 Å². The molecule has 2 atom stereocenters. The highest BCUT2D eigenvalue weighted by molar-refractivity contribution is 5.07. The van der Waals surface area contributed by atoms with E-state index in [2.05, 4.69) is 40.9 Å². The maximum Gasteiger partial charge on any atom is 0.0921 e. The predicted octanol–water partition coefficient (Wildman–Crippen LogP) is 2.38. The average molecular weight is 219 g/mol. The van der Waals surface area contributed by atoms with Crippen LogP contribution in [0.15, 0.2) is 24.7 Å². The van der Waals surface area contributed by atoms with Gasteiger partial charge in [-0.1, -0.05) is 12.2 Å². The Balaban J connectivity index is 1.65. The van der Waals surface area contributed by atoms with Gasteiger partial charge in [0.15, 0.2) is 0 Å². The Hall–Kier alpha value is -1.09. The summed E-state index contributed by atoms with van der Waals surface area (Å²) >= 11 is 0. The van der Waals surface area contributed by atoms with Crippen molar-refractivity contribution >= 4 is 0 Å². The lowest BCUT2D eigenvalue weighted by Crippen LogP contribution is -2.34. The van der Waals surface area contributed by atoms with E-state index < -0.39 is 0 Å². The number of hydrogen-bond donors (Lipinski definition) is 1. The number of H-pyrrole nitrogens is 1. The van der Waals surface area contributed by atoms with Gasteiger partial charge in [0.2, 0.25) is 0 Å². The molecule has 2 heterocycles. The third-order valence-corrected chi connectivity index (χ3v) is 3.38. The van der Waals surface area contributed by atoms with Gasteiger partial charge in [-0.15, -0.1) is 0 Å². The molecule has 3 nitrogen and oxygen atoms in total. The van der Waals surface area contributed by atoms with E-state index in [1.54, 1.807) is 6.33 Å². The average Bonchev–Trinajstić information content (AvgIpc) is 2.87. The first-order valence-corrected chi connectivity index (χ1v) is 6.18. The van der Waals surface area contributed by atoms with Gasteiger partial charge in [-0.05, 0) is 39.7 Å². The molecule has 0 radical (unpaired) electrons. The van der Waals surface area contributed by atoms with Crippen LogP contribution in [0.25, 0.3) is 0 Å². The summed E-state index contributed by atoms with van der Waals surface area (Å²) in [6, 6.07) is 1.23. The molecule has 2 rings (SSSR count). The molecule has 1 aromatic heterocycles. The molecule has 88 valence electrons. The lowest BCUT2D eigenvalue weighted by Gasteiger charge is -2.25.